The fourth-order valence-corrected chi connectivity index (χ4v) is 1.83. The van der Waals surface area contributed by atoms with Gasteiger partial charge in [0.2, 0.25) is 0 Å². The van der Waals surface area contributed by atoms with E-state index in [1.807, 2.05) is 42.5 Å². The molecule has 0 bridgehead atoms. The zero-order valence-electron chi connectivity index (χ0n) is 9.40. The summed E-state index contributed by atoms with van der Waals surface area (Å²) in [5.74, 6) is 1.68. The van der Waals surface area contributed by atoms with Gasteiger partial charge in [-0.2, -0.15) is 0 Å². The molecule has 2 aromatic rings. The fourth-order valence-electron chi connectivity index (χ4n) is 1.57. The number of hydrogen-bond donors (Lipinski definition) is 1. The van der Waals surface area contributed by atoms with Gasteiger partial charge in [-0.1, -0.05) is 28.1 Å². The molecule has 0 aliphatic heterocycles. The lowest BCUT2D eigenvalue weighted by atomic mass is 10.1. The van der Waals surface area contributed by atoms with Crippen molar-refractivity contribution in [1.82, 2.24) is 0 Å². The second kappa shape index (κ2) is 5.84. The molecular weight excluding hydrogens is 278 g/mol. The molecule has 0 aliphatic rings. The third-order valence-electron chi connectivity index (χ3n) is 2.38. The number of hydrogen-bond acceptors (Lipinski definition) is 2. The number of nitrogens with two attached hydrogens (primary N) is 1. The lowest BCUT2D eigenvalue weighted by Crippen LogP contribution is -2.02. The normalized spacial score (nSPS) is 10.2. The van der Waals surface area contributed by atoms with Crippen LogP contribution in [0, 0.1) is 0 Å². The summed E-state index contributed by atoms with van der Waals surface area (Å²) < 4.78 is 6.80. The Bertz CT molecular complexity index is 482. The topological polar surface area (TPSA) is 35.2 Å². The summed E-state index contributed by atoms with van der Waals surface area (Å²) in [7, 11) is 0. The average molecular weight is 292 g/mol. The summed E-state index contributed by atoms with van der Waals surface area (Å²) in [6.07, 6.45) is 0.873. The van der Waals surface area contributed by atoms with Crippen LogP contribution in [0.4, 0.5) is 0 Å². The molecule has 2 N–H and O–H groups in total. The molecule has 0 aliphatic carbocycles. The highest BCUT2D eigenvalue weighted by Gasteiger charge is 1.98. The van der Waals surface area contributed by atoms with E-state index in [9.17, 15) is 0 Å². The van der Waals surface area contributed by atoms with E-state index in [-0.39, 0.29) is 0 Å². The second-order valence-electron chi connectivity index (χ2n) is 3.74. The number of rotatable bonds is 4. The number of benzene rings is 2. The van der Waals surface area contributed by atoms with Crippen molar-refractivity contribution in [3.05, 3.63) is 58.6 Å². The summed E-state index contributed by atoms with van der Waals surface area (Å²) in [6, 6.07) is 15.8. The third-order valence-corrected chi connectivity index (χ3v) is 2.91. The highest BCUT2D eigenvalue weighted by Crippen LogP contribution is 2.23. The summed E-state index contributed by atoms with van der Waals surface area (Å²) in [5.41, 5.74) is 6.73. The molecule has 2 nitrogen and oxygen atoms in total. The molecule has 2 rings (SSSR count). The minimum atomic E-state index is 0.655. The van der Waals surface area contributed by atoms with Crippen LogP contribution < -0.4 is 10.5 Å². The maximum atomic E-state index is 5.76. The largest absolute Gasteiger partial charge is 0.457 e. The van der Waals surface area contributed by atoms with Crippen LogP contribution in [0.3, 0.4) is 0 Å². The van der Waals surface area contributed by atoms with Crippen molar-refractivity contribution < 1.29 is 4.74 Å². The van der Waals surface area contributed by atoms with Crippen LogP contribution in [0.1, 0.15) is 5.56 Å². The van der Waals surface area contributed by atoms with E-state index in [1.165, 1.54) is 5.56 Å². The Morgan fingerprint density at radius 1 is 1.00 bits per heavy atom. The van der Waals surface area contributed by atoms with Gasteiger partial charge in [0.1, 0.15) is 11.5 Å². The first kappa shape index (κ1) is 12.1. The molecule has 0 spiro atoms. The second-order valence-corrected chi connectivity index (χ2v) is 4.66. The van der Waals surface area contributed by atoms with Gasteiger partial charge in [0.25, 0.3) is 0 Å². The Balaban J connectivity index is 2.12. The SMILES string of the molecule is NCCc1cccc(Oc2ccc(Br)cc2)c1. The molecule has 0 fully saturated rings. The average Bonchev–Trinajstić information content (AvgIpc) is 2.33. The van der Waals surface area contributed by atoms with Gasteiger partial charge in [0.15, 0.2) is 0 Å². The lowest BCUT2D eigenvalue weighted by Gasteiger charge is -2.07. The Morgan fingerprint density at radius 2 is 1.76 bits per heavy atom. The van der Waals surface area contributed by atoms with Crippen molar-refractivity contribution in [3.63, 3.8) is 0 Å². The minimum Gasteiger partial charge on any atom is -0.457 e. The predicted molar refractivity (Wildman–Crippen MR) is 73.4 cm³/mol. The molecule has 0 aromatic heterocycles. The van der Waals surface area contributed by atoms with Gasteiger partial charge in [-0.25, -0.2) is 0 Å². The molecule has 0 amide bonds. The van der Waals surface area contributed by atoms with Crippen LogP contribution in [0.2, 0.25) is 0 Å². The van der Waals surface area contributed by atoms with Crippen LogP contribution in [-0.2, 0) is 6.42 Å². The van der Waals surface area contributed by atoms with Gasteiger partial charge in [-0.15, -0.1) is 0 Å². The molecular formula is C14H14BrNO. The first-order valence-corrected chi connectivity index (χ1v) is 6.29. The van der Waals surface area contributed by atoms with Crippen LogP contribution in [0.25, 0.3) is 0 Å². The molecule has 0 saturated heterocycles. The van der Waals surface area contributed by atoms with E-state index in [0.29, 0.717) is 6.54 Å². The molecule has 88 valence electrons. The highest BCUT2D eigenvalue weighted by molar-refractivity contribution is 9.10. The van der Waals surface area contributed by atoms with Gasteiger partial charge in [0.05, 0.1) is 0 Å². The molecule has 0 radical (unpaired) electrons. The van der Waals surface area contributed by atoms with Gasteiger partial charge in [0, 0.05) is 4.47 Å². The van der Waals surface area contributed by atoms with E-state index in [2.05, 4.69) is 22.0 Å². The maximum absolute atomic E-state index is 5.76. The monoisotopic (exact) mass is 291 g/mol. The smallest absolute Gasteiger partial charge is 0.127 e. The van der Waals surface area contributed by atoms with Crippen molar-refractivity contribution in [2.24, 2.45) is 5.73 Å². The number of ether oxygens (including phenoxy) is 1. The summed E-state index contributed by atoms with van der Waals surface area (Å²) in [4.78, 5) is 0. The third kappa shape index (κ3) is 3.58. The van der Waals surface area contributed by atoms with Crippen LogP contribution in [0.5, 0.6) is 11.5 Å². The number of halogens is 1. The standard InChI is InChI=1S/C14H14BrNO/c15-12-4-6-13(7-5-12)17-14-3-1-2-11(10-14)8-9-16/h1-7,10H,8-9,16H2. The van der Waals surface area contributed by atoms with Crippen LogP contribution in [0.15, 0.2) is 53.0 Å². The highest BCUT2D eigenvalue weighted by atomic mass is 79.9. The predicted octanol–water partition coefficient (Wildman–Crippen LogP) is 3.74. The molecule has 0 unspecified atom stereocenters. The van der Waals surface area contributed by atoms with Gasteiger partial charge in [-0.05, 0) is 54.9 Å². The molecule has 17 heavy (non-hydrogen) atoms. The van der Waals surface area contributed by atoms with Gasteiger partial charge < -0.3 is 10.5 Å². The van der Waals surface area contributed by atoms with Crippen molar-refractivity contribution in [2.45, 2.75) is 6.42 Å². The van der Waals surface area contributed by atoms with E-state index in [1.54, 1.807) is 0 Å². The van der Waals surface area contributed by atoms with E-state index >= 15 is 0 Å². The van der Waals surface area contributed by atoms with Crippen molar-refractivity contribution in [1.29, 1.82) is 0 Å². The Kier molecular flexibility index (Phi) is 4.18. The zero-order valence-corrected chi connectivity index (χ0v) is 11.0. The van der Waals surface area contributed by atoms with Gasteiger partial charge >= 0.3 is 0 Å². The van der Waals surface area contributed by atoms with Crippen molar-refractivity contribution in [2.75, 3.05) is 6.54 Å². The molecule has 2 aromatic carbocycles. The van der Waals surface area contributed by atoms with Crippen LogP contribution >= 0.6 is 15.9 Å². The molecule has 3 heteroatoms. The summed E-state index contributed by atoms with van der Waals surface area (Å²) in [6.45, 7) is 0.655. The zero-order chi connectivity index (χ0) is 12.1. The Morgan fingerprint density at radius 3 is 2.47 bits per heavy atom. The fraction of sp³-hybridized carbons (Fsp3) is 0.143. The van der Waals surface area contributed by atoms with E-state index in [4.69, 9.17) is 10.5 Å². The first-order chi connectivity index (χ1) is 8.28. The summed E-state index contributed by atoms with van der Waals surface area (Å²) >= 11 is 3.39. The molecule has 0 heterocycles. The van der Waals surface area contributed by atoms with Gasteiger partial charge in [-0.3, -0.25) is 0 Å². The van der Waals surface area contributed by atoms with Crippen LogP contribution in [-0.4, -0.2) is 6.54 Å². The van der Waals surface area contributed by atoms with Crippen molar-refractivity contribution >= 4 is 15.9 Å². The Hall–Kier alpha value is -1.32. The van der Waals surface area contributed by atoms with E-state index in [0.717, 1.165) is 22.4 Å². The molecule has 0 saturated carbocycles. The lowest BCUT2D eigenvalue weighted by molar-refractivity contribution is 0.482. The first-order valence-electron chi connectivity index (χ1n) is 5.50. The minimum absolute atomic E-state index is 0.655. The summed E-state index contributed by atoms with van der Waals surface area (Å²) in [5, 5.41) is 0. The van der Waals surface area contributed by atoms with Crippen molar-refractivity contribution in [3.8, 4) is 11.5 Å². The quantitative estimate of drug-likeness (QED) is 0.931. The van der Waals surface area contributed by atoms with E-state index < -0.39 is 0 Å². The maximum Gasteiger partial charge on any atom is 0.127 e. The molecule has 0 atom stereocenters. The Labute approximate surface area is 110 Å².